The van der Waals surface area contributed by atoms with Crippen LogP contribution in [-0.2, 0) is 14.8 Å². The number of benzene rings is 1. The number of hydrogen-bond donors (Lipinski definition) is 1. The number of non-ortho nitro benzene ring substituents is 1. The summed E-state index contributed by atoms with van der Waals surface area (Å²) in [5.74, 6) is -0.267. The van der Waals surface area contributed by atoms with Crippen molar-refractivity contribution in [1.82, 2.24) is 14.5 Å². The summed E-state index contributed by atoms with van der Waals surface area (Å²) in [5, 5.41) is 14.1. The van der Waals surface area contributed by atoms with Gasteiger partial charge in [0.05, 0.1) is 16.4 Å². The second kappa shape index (κ2) is 8.56. The van der Waals surface area contributed by atoms with E-state index < -0.39 is 14.9 Å². The molecule has 1 aliphatic heterocycles. The number of amides is 1. The van der Waals surface area contributed by atoms with Gasteiger partial charge in [0.2, 0.25) is 15.9 Å². The van der Waals surface area contributed by atoms with E-state index in [1.54, 1.807) is 4.90 Å². The topological polar surface area (TPSA) is 113 Å². The average Bonchev–Trinajstić information content (AvgIpc) is 3.13. The molecular formula is C16H24N4O5S. The summed E-state index contributed by atoms with van der Waals surface area (Å²) in [5.41, 5.74) is -0.310. The molecule has 0 aromatic heterocycles. The highest BCUT2D eigenvalue weighted by atomic mass is 32.2. The van der Waals surface area contributed by atoms with Crippen molar-refractivity contribution in [2.24, 2.45) is 0 Å². The third kappa shape index (κ3) is 4.57. The number of sulfonamides is 1. The molecular weight excluding hydrogens is 360 g/mol. The smallest absolute Gasteiger partial charge is 0.270 e. The van der Waals surface area contributed by atoms with Gasteiger partial charge in [-0.05, 0) is 25.5 Å². The molecule has 0 saturated carbocycles. The van der Waals surface area contributed by atoms with E-state index >= 15 is 0 Å². The molecule has 1 heterocycles. The van der Waals surface area contributed by atoms with Gasteiger partial charge in [-0.3, -0.25) is 14.9 Å². The molecule has 144 valence electrons. The molecule has 0 aliphatic carbocycles. The number of nitrogens with one attached hydrogen (secondary N) is 1. The molecule has 10 heteroatoms. The molecule has 1 fully saturated rings. The van der Waals surface area contributed by atoms with Crippen molar-refractivity contribution in [1.29, 1.82) is 0 Å². The van der Waals surface area contributed by atoms with Crippen LogP contribution in [0.15, 0.2) is 29.2 Å². The number of rotatable bonds is 8. The van der Waals surface area contributed by atoms with Gasteiger partial charge >= 0.3 is 0 Å². The summed E-state index contributed by atoms with van der Waals surface area (Å²) in [6.45, 7) is 3.76. The minimum absolute atomic E-state index is 0.0661. The molecule has 0 bridgehead atoms. The fourth-order valence-electron chi connectivity index (χ4n) is 2.96. The van der Waals surface area contributed by atoms with E-state index in [9.17, 15) is 23.3 Å². The van der Waals surface area contributed by atoms with Crippen LogP contribution in [0.1, 0.15) is 19.8 Å². The third-order valence-corrected chi connectivity index (χ3v) is 6.15. The average molecular weight is 384 g/mol. The lowest BCUT2D eigenvalue weighted by Crippen LogP contribution is -2.47. The van der Waals surface area contributed by atoms with Gasteiger partial charge in [-0.25, -0.2) is 8.42 Å². The highest BCUT2D eigenvalue weighted by Gasteiger charge is 2.30. The Morgan fingerprint density at radius 2 is 2.15 bits per heavy atom. The first-order valence-electron chi connectivity index (χ1n) is 8.48. The normalized spacial score (nSPS) is 17.4. The van der Waals surface area contributed by atoms with Crippen LogP contribution in [0, 0.1) is 10.1 Å². The van der Waals surface area contributed by atoms with E-state index in [0.29, 0.717) is 13.1 Å². The summed E-state index contributed by atoms with van der Waals surface area (Å²) in [4.78, 5) is 24.4. The molecule has 1 amide bonds. The van der Waals surface area contributed by atoms with Crippen LogP contribution in [0.25, 0.3) is 0 Å². The van der Waals surface area contributed by atoms with Crippen LogP contribution in [0.5, 0.6) is 0 Å². The number of carbonyl (C=O) groups excluding carboxylic acids is 1. The molecule has 0 radical (unpaired) electrons. The van der Waals surface area contributed by atoms with Gasteiger partial charge < -0.3 is 10.2 Å². The molecule has 0 spiro atoms. The van der Waals surface area contributed by atoms with Gasteiger partial charge in [-0.15, -0.1) is 0 Å². The van der Waals surface area contributed by atoms with Crippen LogP contribution < -0.4 is 5.32 Å². The Kier molecular flexibility index (Phi) is 6.68. The minimum Gasteiger partial charge on any atom is -0.337 e. The van der Waals surface area contributed by atoms with Crippen molar-refractivity contribution < 1.29 is 18.1 Å². The standard InChI is InChI=1S/C16H24N4O5S/c1-3-9-19(14-7-8-17-11-14)16(21)12-18(2)26(24,25)15-6-4-5-13(10-15)20(22)23/h4-6,10,14,17H,3,7-9,11-12H2,1-2H3. The van der Waals surface area contributed by atoms with Gasteiger partial charge in [0.25, 0.3) is 5.69 Å². The molecule has 1 unspecified atom stereocenters. The summed E-state index contributed by atoms with van der Waals surface area (Å²) < 4.78 is 26.3. The molecule has 2 rings (SSSR count). The lowest BCUT2D eigenvalue weighted by Gasteiger charge is -2.30. The fourth-order valence-corrected chi connectivity index (χ4v) is 4.12. The van der Waals surface area contributed by atoms with E-state index in [2.05, 4.69) is 5.32 Å². The van der Waals surface area contributed by atoms with Crippen molar-refractivity contribution in [3.8, 4) is 0 Å². The van der Waals surface area contributed by atoms with Crippen molar-refractivity contribution in [2.45, 2.75) is 30.7 Å². The van der Waals surface area contributed by atoms with Crippen molar-refractivity contribution in [2.75, 3.05) is 33.2 Å². The second-order valence-electron chi connectivity index (χ2n) is 6.25. The van der Waals surface area contributed by atoms with Gasteiger partial charge in [0, 0.05) is 38.3 Å². The van der Waals surface area contributed by atoms with Crippen LogP contribution >= 0.6 is 0 Å². The van der Waals surface area contributed by atoms with Crippen LogP contribution in [0.4, 0.5) is 5.69 Å². The first-order chi connectivity index (χ1) is 12.3. The second-order valence-corrected chi connectivity index (χ2v) is 8.29. The largest absolute Gasteiger partial charge is 0.337 e. The molecule has 1 atom stereocenters. The number of nitro benzene ring substituents is 1. The fraction of sp³-hybridized carbons (Fsp3) is 0.562. The Balaban J connectivity index is 2.15. The number of nitro groups is 1. The SMILES string of the molecule is CCCN(C(=O)CN(C)S(=O)(=O)c1cccc([N+](=O)[O-])c1)C1CCNC1. The summed E-state index contributed by atoms with van der Waals surface area (Å²) in [7, 11) is -2.69. The molecule has 1 aromatic rings. The molecule has 1 aromatic carbocycles. The lowest BCUT2D eigenvalue weighted by atomic mass is 10.2. The molecule has 26 heavy (non-hydrogen) atoms. The molecule has 1 N–H and O–H groups in total. The van der Waals surface area contributed by atoms with Gasteiger partial charge in [-0.2, -0.15) is 4.31 Å². The third-order valence-electron chi connectivity index (χ3n) is 4.35. The number of nitrogens with zero attached hydrogens (tertiary/aromatic N) is 3. The Bertz CT molecular complexity index is 762. The van der Waals surface area contributed by atoms with E-state index in [-0.39, 0.29) is 29.1 Å². The first-order valence-corrected chi connectivity index (χ1v) is 9.92. The number of likely N-dealkylation sites (N-methyl/N-ethyl adjacent to an activating group) is 1. The minimum atomic E-state index is -4.00. The molecule has 9 nitrogen and oxygen atoms in total. The van der Waals surface area contributed by atoms with Crippen molar-refractivity contribution in [3.05, 3.63) is 34.4 Å². The summed E-state index contributed by atoms with van der Waals surface area (Å²) in [6.07, 6.45) is 1.62. The first kappa shape index (κ1) is 20.3. The zero-order chi connectivity index (χ0) is 19.3. The van der Waals surface area contributed by atoms with Gasteiger partial charge in [0.15, 0.2) is 0 Å². The lowest BCUT2D eigenvalue weighted by molar-refractivity contribution is -0.385. The van der Waals surface area contributed by atoms with Crippen LogP contribution in [0.2, 0.25) is 0 Å². The highest BCUT2D eigenvalue weighted by Crippen LogP contribution is 2.20. The highest BCUT2D eigenvalue weighted by molar-refractivity contribution is 7.89. The zero-order valence-corrected chi connectivity index (χ0v) is 15.7. The molecule has 1 aliphatic rings. The Morgan fingerprint density at radius 3 is 2.73 bits per heavy atom. The Morgan fingerprint density at radius 1 is 1.42 bits per heavy atom. The van der Waals surface area contributed by atoms with E-state index in [1.165, 1.54) is 25.2 Å². The van der Waals surface area contributed by atoms with Crippen molar-refractivity contribution >= 4 is 21.6 Å². The van der Waals surface area contributed by atoms with Crippen LogP contribution in [-0.4, -0.2) is 67.7 Å². The maximum atomic E-state index is 12.7. The number of carbonyl (C=O) groups is 1. The molecule has 1 saturated heterocycles. The summed E-state index contributed by atoms with van der Waals surface area (Å²) in [6, 6.07) is 4.89. The van der Waals surface area contributed by atoms with E-state index in [4.69, 9.17) is 0 Å². The Labute approximate surface area is 153 Å². The predicted molar refractivity (Wildman–Crippen MR) is 96.2 cm³/mol. The zero-order valence-electron chi connectivity index (χ0n) is 14.9. The van der Waals surface area contributed by atoms with Crippen LogP contribution in [0.3, 0.4) is 0 Å². The number of hydrogen-bond acceptors (Lipinski definition) is 6. The van der Waals surface area contributed by atoms with Gasteiger partial charge in [0.1, 0.15) is 0 Å². The maximum Gasteiger partial charge on any atom is 0.270 e. The Hall–Kier alpha value is -2.04. The predicted octanol–water partition coefficient (Wildman–Crippen LogP) is 0.816. The monoisotopic (exact) mass is 384 g/mol. The van der Waals surface area contributed by atoms with E-state index in [0.717, 1.165) is 29.8 Å². The summed E-state index contributed by atoms with van der Waals surface area (Å²) >= 11 is 0. The maximum absolute atomic E-state index is 12.7. The van der Waals surface area contributed by atoms with Gasteiger partial charge in [-0.1, -0.05) is 13.0 Å². The quantitative estimate of drug-likeness (QED) is 0.524. The van der Waals surface area contributed by atoms with E-state index in [1.807, 2.05) is 6.92 Å². The van der Waals surface area contributed by atoms with Crippen molar-refractivity contribution in [3.63, 3.8) is 0 Å².